The highest BCUT2D eigenvalue weighted by molar-refractivity contribution is 7.18. The van der Waals surface area contributed by atoms with Crippen molar-refractivity contribution in [2.45, 2.75) is 52.4 Å². The monoisotopic (exact) mass is 353 g/mol. The molecule has 2 N–H and O–H groups in total. The van der Waals surface area contributed by atoms with Gasteiger partial charge in [-0.1, -0.05) is 19.3 Å². The first kappa shape index (κ1) is 18.4. The van der Waals surface area contributed by atoms with Gasteiger partial charge in [0.2, 0.25) is 5.91 Å². The van der Waals surface area contributed by atoms with Crippen LogP contribution in [0.3, 0.4) is 0 Å². The summed E-state index contributed by atoms with van der Waals surface area (Å²) in [5.74, 6) is -1.63. The molecule has 0 aromatic carbocycles. The molecule has 1 amide bonds. The largest absolute Gasteiger partial charge is 0.481 e. The number of nitrogens with one attached hydrogen (secondary N) is 1. The summed E-state index contributed by atoms with van der Waals surface area (Å²) >= 11 is 1.15. The number of carboxylic acids is 1. The number of hydrogen-bond donors (Lipinski definition) is 2. The predicted octanol–water partition coefficient (Wildman–Crippen LogP) is 3.60. The summed E-state index contributed by atoms with van der Waals surface area (Å²) in [7, 11) is 0. The Hall–Kier alpha value is -1.89. The summed E-state index contributed by atoms with van der Waals surface area (Å²) in [6, 6.07) is 1.71. The smallest absolute Gasteiger partial charge is 0.348 e. The molecule has 0 saturated heterocycles. The van der Waals surface area contributed by atoms with Crippen molar-refractivity contribution < 1.29 is 24.2 Å². The summed E-state index contributed by atoms with van der Waals surface area (Å²) < 4.78 is 4.98. The second kappa shape index (κ2) is 7.79. The first-order valence-electron chi connectivity index (χ1n) is 8.19. The van der Waals surface area contributed by atoms with Gasteiger partial charge in [0.1, 0.15) is 4.88 Å². The molecule has 24 heavy (non-hydrogen) atoms. The third kappa shape index (κ3) is 4.14. The second-order valence-electron chi connectivity index (χ2n) is 6.21. The third-order valence-electron chi connectivity index (χ3n) is 4.40. The van der Waals surface area contributed by atoms with E-state index in [9.17, 15) is 19.5 Å². The van der Waals surface area contributed by atoms with Gasteiger partial charge in [0, 0.05) is 6.42 Å². The molecular formula is C17H23NO5S. The molecule has 0 unspecified atom stereocenters. The second-order valence-corrected chi connectivity index (χ2v) is 7.27. The Morgan fingerprint density at radius 3 is 2.54 bits per heavy atom. The van der Waals surface area contributed by atoms with E-state index >= 15 is 0 Å². The first-order valence-corrected chi connectivity index (χ1v) is 9.00. The Morgan fingerprint density at radius 2 is 1.96 bits per heavy atom. The maximum absolute atomic E-state index is 12.3. The van der Waals surface area contributed by atoms with E-state index in [2.05, 4.69) is 5.32 Å². The molecule has 0 spiro atoms. The van der Waals surface area contributed by atoms with Crippen LogP contribution in [0.1, 0.15) is 60.7 Å². The zero-order chi connectivity index (χ0) is 17.7. The van der Waals surface area contributed by atoms with E-state index in [4.69, 9.17) is 4.74 Å². The summed E-state index contributed by atoms with van der Waals surface area (Å²) in [5, 5.41) is 12.8. The fourth-order valence-electron chi connectivity index (χ4n) is 3.13. The minimum Gasteiger partial charge on any atom is -0.481 e. The van der Waals surface area contributed by atoms with E-state index in [0.29, 0.717) is 29.3 Å². The number of hydrogen-bond acceptors (Lipinski definition) is 5. The van der Waals surface area contributed by atoms with Gasteiger partial charge < -0.3 is 15.2 Å². The quantitative estimate of drug-likeness (QED) is 0.762. The lowest BCUT2D eigenvalue weighted by Gasteiger charge is -2.32. The molecule has 6 nitrogen and oxygen atoms in total. The van der Waals surface area contributed by atoms with Gasteiger partial charge in [0.15, 0.2) is 0 Å². The number of aryl methyl sites for hydroxylation is 1. The van der Waals surface area contributed by atoms with Crippen molar-refractivity contribution in [2.75, 3.05) is 11.9 Å². The van der Waals surface area contributed by atoms with Crippen LogP contribution in [0, 0.1) is 12.3 Å². The van der Waals surface area contributed by atoms with Gasteiger partial charge in [-0.05, 0) is 38.3 Å². The fraction of sp³-hybridized carbons (Fsp3) is 0.588. The number of carbonyl (C=O) groups excluding carboxylic acids is 2. The molecule has 0 radical (unpaired) electrons. The van der Waals surface area contributed by atoms with Gasteiger partial charge >= 0.3 is 11.9 Å². The molecule has 1 aromatic heterocycles. The number of ether oxygens (including phenoxy) is 1. The van der Waals surface area contributed by atoms with Gasteiger partial charge in [-0.15, -0.1) is 11.3 Å². The number of esters is 1. The van der Waals surface area contributed by atoms with Gasteiger partial charge in [-0.2, -0.15) is 0 Å². The molecule has 1 aromatic rings. The molecule has 132 valence electrons. The molecule has 1 saturated carbocycles. The fourth-order valence-corrected chi connectivity index (χ4v) is 4.11. The summed E-state index contributed by atoms with van der Waals surface area (Å²) in [4.78, 5) is 36.2. The highest BCUT2D eigenvalue weighted by Gasteiger charge is 2.41. The Kier molecular flexibility index (Phi) is 5.99. The van der Waals surface area contributed by atoms with Crippen molar-refractivity contribution in [3.63, 3.8) is 0 Å². The van der Waals surface area contributed by atoms with Crippen LogP contribution >= 0.6 is 11.3 Å². The van der Waals surface area contributed by atoms with Crippen LogP contribution in [0.25, 0.3) is 0 Å². The lowest BCUT2D eigenvalue weighted by atomic mass is 9.71. The Morgan fingerprint density at radius 1 is 1.29 bits per heavy atom. The van der Waals surface area contributed by atoms with Crippen LogP contribution in [0.4, 0.5) is 5.00 Å². The molecule has 1 aliphatic rings. The lowest BCUT2D eigenvalue weighted by Crippen LogP contribution is -2.37. The van der Waals surface area contributed by atoms with Crippen molar-refractivity contribution in [2.24, 2.45) is 5.41 Å². The SMILES string of the molecule is CCOC(=O)c1sc(NC(=O)CC2(C(=O)O)CCCCC2)cc1C. The van der Waals surface area contributed by atoms with E-state index in [0.717, 1.165) is 36.2 Å². The number of anilines is 1. The van der Waals surface area contributed by atoms with Crippen molar-refractivity contribution >= 4 is 34.2 Å². The van der Waals surface area contributed by atoms with E-state index in [1.807, 2.05) is 0 Å². The average Bonchev–Trinajstić information content (AvgIpc) is 2.88. The van der Waals surface area contributed by atoms with Crippen LogP contribution in [-0.4, -0.2) is 29.6 Å². The number of thiophene rings is 1. The standard InChI is InChI=1S/C17H23NO5S/c1-3-23-15(20)14-11(2)9-13(24-14)18-12(19)10-17(16(21)22)7-5-4-6-8-17/h9H,3-8,10H2,1-2H3,(H,18,19)(H,21,22). The summed E-state index contributed by atoms with van der Waals surface area (Å²) in [6.45, 7) is 3.80. The van der Waals surface area contributed by atoms with Crippen LogP contribution in [-0.2, 0) is 14.3 Å². The van der Waals surface area contributed by atoms with Crippen LogP contribution in [0.5, 0.6) is 0 Å². The normalized spacial score (nSPS) is 16.4. The van der Waals surface area contributed by atoms with Crippen molar-refractivity contribution in [1.29, 1.82) is 0 Å². The molecule has 1 fully saturated rings. The van der Waals surface area contributed by atoms with E-state index in [1.54, 1.807) is 19.9 Å². The molecule has 0 aliphatic heterocycles. The first-order chi connectivity index (χ1) is 11.4. The van der Waals surface area contributed by atoms with Crippen LogP contribution < -0.4 is 5.32 Å². The Bertz CT molecular complexity index is 631. The van der Waals surface area contributed by atoms with E-state index in [1.165, 1.54) is 0 Å². The molecule has 2 rings (SSSR count). The topological polar surface area (TPSA) is 92.7 Å². The van der Waals surface area contributed by atoms with Crippen LogP contribution in [0.2, 0.25) is 0 Å². The van der Waals surface area contributed by atoms with Gasteiger partial charge in [-0.3, -0.25) is 9.59 Å². The molecule has 1 aliphatic carbocycles. The van der Waals surface area contributed by atoms with Gasteiger partial charge in [-0.25, -0.2) is 4.79 Å². The van der Waals surface area contributed by atoms with Crippen LogP contribution in [0.15, 0.2) is 6.07 Å². The maximum atomic E-state index is 12.3. The van der Waals surface area contributed by atoms with Crippen molar-refractivity contribution in [1.82, 2.24) is 0 Å². The van der Waals surface area contributed by atoms with E-state index in [-0.39, 0.29) is 12.3 Å². The predicted molar refractivity (Wildman–Crippen MR) is 91.4 cm³/mol. The highest BCUT2D eigenvalue weighted by Crippen LogP contribution is 2.40. The molecular weight excluding hydrogens is 330 g/mol. The number of amides is 1. The summed E-state index contributed by atoms with van der Waals surface area (Å²) in [5.41, 5.74) is -0.224. The number of aliphatic carboxylic acids is 1. The maximum Gasteiger partial charge on any atom is 0.348 e. The highest BCUT2D eigenvalue weighted by atomic mass is 32.1. The Labute approximate surface area is 145 Å². The minimum atomic E-state index is -0.960. The molecule has 0 bridgehead atoms. The number of carbonyl (C=O) groups is 3. The molecule has 1 heterocycles. The summed E-state index contributed by atoms with van der Waals surface area (Å²) in [6.07, 6.45) is 3.73. The number of carboxylic acid groups (broad SMARTS) is 1. The number of rotatable bonds is 6. The Balaban J connectivity index is 2.05. The molecule has 0 atom stereocenters. The zero-order valence-electron chi connectivity index (χ0n) is 14.0. The average molecular weight is 353 g/mol. The minimum absolute atomic E-state index is 0.0337. The van der Waals surface area contributed by atoms with Gasteiger partial charge in [0.25, 0.3) is 0 Å². The van der Waals surface area contributed by atoms with Gasteiger partial charge in [0.05, 0.1) is 17.0 Å². The van der Waals surface area contributed by atoms with Crippen molar-refractivity contribution in [3.8, 4) is 0 Å². The van der Waals surface area contributed by atoms with E-state index < -0.39 is 17.4 Å². The third-order valence-corrected chi connectivity index (χ3v) is 5.54. The zero-order valence-corrected chi connectivity index (χ0v) is 14.8. The van der Waals surface area contributed by atoms with Crippen molar-refractivity contribution in [3.05, 3.63) is 16.5 Å². The lowest BCUT2D eigenvalue weighted by molar-refractivity contribution is -0.153. The molecule has 7 heteroatoms.